The fourth-order valence-corrected chi connectivity index (χ4v) is 3.72. The zero-order chi connectivity index (χ0) is 20.2. The number of hydrogen-bond acceptors (Lipinski definition) is 5. The van der Waals surface area contributed by atoms with E-state index < -0.39 is 6.09 Å². The second-order valence-corrected chi connectivity index (χ2v) is 7.43. The molecule has 3 atom stereocenters. The Balaban J connectivity index is 1.37. The van der Waals surface area contributed by atoms with Crippen molar-refractivity contribution in [2.24, 2.45) is 0 Å². The maximum atomic E-state index is 14.7. The Morgan fingerprint density at radius 3 is 2.83 bits per heavy atom. The van der Waals surface area contributed by atoms with Crippen LogP contribution in [0.1, 0.15) is 30.2 Å². The number of nitrogens with one attached hydrogen (secondary N) is 2. The number of benzene rings is 2. The SMILES string of the molecule is CC(NCC1CN(c2ccc(C3CNCCO3)c(F)c2)C(=O)O1)c1ccccc1. The van der Waals surface area contributed by atoms with Gasteiger partial charge in [0, 0.05) is 31.2 Å². The first-order chi connectivity index (χ1) is 14.1. The van der Waals surface area contributed by atoms with Gasteiger partial charge in [-0.2, -0.15) is 0 Å². The van der Waals surface area contributed by atoms with Gasteiger partial charge in [0.15, 0.2) is 0 Å². The molecule has 2 aliphatic rings. The van der Waals surface area contributed by atoms with E-state index in [9.17, 15) is 9.18 Å². The second-order valence-electron chi connectivity index (χ2n) is 7.43. The number of carbonyl (C=O) groups excluding carboxylic acids is 1. The van der Waals surface area contributed by atoms with Crippen molar-refractivity contribution >= 4 is 11.8 Å². The molecule has 4 rings (SSSR count). The maximum absolute atomic E-state index is 14.7. The molecular formula is C22H26FN3O3. The molecule has 2 N–H and O–H groups in total. The van der Waals surface area contributed by atoms with Gasteiger partial charge in [0.1, 0.15) is 11.9 Å². The number of halogens is 1. The van der Waals surface area contributed by atoms with E-state index in [4.69, 9.17) is 9.47 Å². The number of nitrogens with zero attached hydrogens (tertiary/aromatic N) is 1. The van der Waals surface area contributed by atoms with Crippen molar-refractivity contribution < 1.29 is 18.7 Å². The molecule has 2 heterocycles. The Morgan fingerprint density at radius 1 is 1.28 bits per heavy atom. The Kier molecular flexibility index (Phi) is 6.08. The minimum atomic E-state index is -0.452. The molecule has 2 saturated heterocycles. The highest BCUT2D eigenvalue weighted by Crippen LogP contribution is 2.28. The number of anilines is 1. The number of cyclic esters (lactones) is 1. The lowest BCUT2D eigenvalue weighted by atomic mass is 10.1. The highest BCUT2D eigenvalue weighted by atomic mass is 19.1. The molecule has 0 radical (unpaired) electrons. The van der Waals surface area contributed by atoms with Crippen LogP contribution in [0.15, 0.2) is 48.5 Å². The predicted molar refractivity (Wildman–Crippen MR) is 108 cm³/mol. The lowest BCUT2D eigenvalue weighted by Gasteiger charge is -2.25. The van der Waals surface area contributed by atoms with E-state index in [1.54, 1.807) is 12.1 Å². The van der Waals surface area contributed by atoms with Crippen LogP contribution in [-0.4, -0.2) is 45.0 Å². The van der Waals surface area contributed by atoms with Crippen LogP contribution in [0, 0.1) is 5.82 Å². The number of amides is 1. The monoisotopic (exact) mass is 399 g/mol. The van der Waals surface area contributed by atoms with E-state index in [1.807, 2.05) is 18.2 Å². The molecule has 3 unspecified atom stereocenters. The van der Waals surface area contributed by atoms with Crippen LogP contribution in [0.5, 0.6) is 0 Å². The molecule has 154 valence electrons. The van der Waals surface area contributed by atoms with Crippen molar-refractivity contribution in [3.63, 3.8) is 0 Å². The first-order valence-electron chi connectivity index (χ1n) is 10.00. The van der Waals surface area contributed by atoms with E-state index in [0.717, 1.165) is 6.54 Å². The Labute approximate surface area is 170 Å². The number of ether oxygens (including phenoxy) is 2. The maximum Gasteiger partial charge on any atom is 0.414 e. The molecule has 2 aromatic carbocycles. The van der Waals surface area contributed by atoms with Crippen molar-refractivity contribution in [1.82, 2.24) is 10.6 Å². The lowest BCUT2D eigenvalue weighted by molar-refractivity contribution is 0.0255. The molecule has 29 heavy (non-hydrogen) atoms. The second kappa shape index (κ2) is 8.90. The molecule has 2 aromatic rings. The van der Waals surface area contributed by atoms with Crippen LogP contribution in [0.4, 0.5) is 14.9 Å². The largest absolute Gasteiger partial charge is 0.443 e. The minimum absolute atomic E-state index is 0.143. The van der Waals surface area contributed by atoms with Gasteiger partial charge in [0.25, 0.3) is 0 Å². The molecule has 0 spiro atoms. The minimum Gasteiger partial charge on any atom is -0.443 e. The number of carbonyl (C=O) groups is 1. The number of morpholine rings is 1. The van der Waals surface area contributed by atoms with Crippen LogP contribution >= 0.6 is 0 Å². The molecule has 2 aliphatic heterocycles. The van der Waals surface area contributed by atoms with Crippen LogP contribution in [0.2, 0.25) is 0 Å². The third kappa shape index (κ3) is 4.58. The van der Waals surface area contributed by atoms with Gasteiger partial charge in [-0.25, -0.2) is 9.18 Å². The summed E-state index contributed by atoms with van der Waals surface area (Å²) in [5, 5.41) is 6.59. The van der Waals surface area contributed by atoms with Gasteiger partial charge < -0.3 is 20.1 Å². The molecule has 1 amide bonds. The van der Waals surface area contributed by atoms with Gasteiger partial charge >= 0.3 is 6.09 Å². The Morgan fingerprint density at radius 2 is 2.10 bits per heavy atom. The van der Waals surface area contributed by atoms with Crippen LogP contribution in [0.3, 0.4) is 0 Å². The zero-order valence-corrected chi connectivity index (χ0v) is 16.4. The summed E-state index contributed by atoms with van der Waals surface area (Å²) in [6.07, 6.45) is -1.05. The summed E-state index contributed by atoms with van der Waals surface area (Å²) >= 11 is 0. The average Bonchev–Trinajstić information content (AvgIpc) is 3.13. The van der Waals surface area contributed by atoms with E-state index in [1.165, 1.54) is 16.5 Å². The van der Waals surface area contributed by atoms with Gasteiger partial charge in [-0.15, -0.1) is 0 Å². The molecule has 0 bridgehead atoms. The summed E-state index contributed by atoms with van der Waals surface area (Å²) in [4.78, 5) is 13.8. The van der Waals surface area contributed by atoms with Gasteiger partial charge in [-0.1, -0.05) is 36.4 Å². The van der Waals surface area contributed by atoms with Crippen molar-refractivity contribution in [3.8, 4) is 0 Å². The van der Waals surface area contributed by atoms with Crippen LogP contribution in [0.25, 0.3) is 0 Å². The smallest absolute Gasteiger partial charge is 0.414 e. The normalized spacial score (nSPS) is 23.1. The van der Waals surface area contributed by atoms with Crippen molar-refractivity contribution in [1.29, 1.82) is 0 Å². The summed E-state index contributed by atoms with van der Waals surface area (Å²) in [6.45, 7) is 4.89. The third-order valence-corrected chi connectivity index (χ3v) is 5.40. The van der Waals surface area contributed by atoms with Gasteiger partial charge in [0.05, 0.1) is 24.9 Å². The van der Waals surface area contributed by atoms with E-state index >= 15 is 0 Å². The lowest BCUT2D eigenvalue weighted by Crippen LogP contribution is -2.34. The van der Waals surface area contributed by atoms with E-state index in [0.29, 0.717) is 37.5 Å². The molecule has 7 heteroatoms. The highest BCUT2D eigenvalue weighted by Gasteiger charge is 2.33. The van der Waals surface area contributed by atoms with Crippen molar-refractivity contribution in [3.05, 3.63) is 65.5 Å². The summed E-state index contributed by atoms with van der Waals surface area (Å²) in [5.41, 5.74) is 2.17. The predicted octanol–water partition coefficient (Wildman–Crippen LogP) is 3.16. The third-order valence-electron chi connectivity index (χ3n) is 5.40. The van der Waals surface area contributed by atoms with Gasteiger partial charge in [0.2, 0.25) is 0 Å². The Bertz CT molecular complexity index is 842. The summed E-state index contributed by atoms with van der Waals surface area (Å²) in [5.74, 6) is -0.372. The first-order valence-corrected chi connectivity index (χ1v) is 10.00. The molecule has 6 nitrogen and oxygen atoms in total. The highest BCUT2D eigenvalue weighted by molar-refractivity contribution is 5.89. The van der Waals surface area contributed by atoms with Gasteiger partial charge in [-0.05, 0) is 24.6 Å². The van der Waals surface area contributed by atoms with Gasteiger partial charge in [-0.3, -0.25) is 4.90 Å². The fourth-order valence-electron chi connectivity index (χ4n) is 3.72. The van der Waals surface area contributed by atoms with Crippen LogP contribution < -0.4 is 15.5 Å². The summed E-state index contributed by atoms with van der Waals surface area (Å²) in [7, 11) is 0. The first kappa shape index (κ1) is 19.8. The van der Waals surface area contributed by atoms with Crippen molar-refractivity contribution in [2.75, 3.05) is 37.7 Å². The number of rotatable bonds is 6. The van der Waals surface area contributed by atoms with E-state index in [-0.39, 0.29) is 24.1 Å². The van der Waals surface area contributed by atoms with E-state index in [2.05, 4.69) is 29.7 Å². The standard InChI is InChI=1S/C22H26FN3O3/c1-15(16-5-3-2-4-6-16)25-12-18-14-26(22(27)29-18)17-7-8-19(20(23)11-17)21-13-24-9-10-28-21/h2-8,11,15,18,21,24-25H,9-10,12-14H2,1H3. The van der Waals surface area contributed by atoms with Crippen molar-refractivity contribution in [2.45, 2.75) is 25.2 Å². The molecule has 2 fully saturated rings. The van der Waals surface area contributed by atoms with Crippen LogP contribution in [-0.2, 0) is 9.47 Å². The summed E-state index contributed by atoms with van der Waals surface area (Å²) in [6, 6.07) is 15.1. The molecule has 0 saturated carbocycles. The average molecular weight is 399 g/mol. The number of hydrogen-bond donors (Lipinski definition) is 2. The Hall–Kier alpha value is -2.48. The quantitative estimate of drug-likeness (QED) is 0.781. The molecule has 0 aliphatic carbocycles. The summed E-state index contributed by atoms with van der Waals surface area (Å²) < 4.78 is 25.7. The topological polar surface area (TPSA) is 62.8 Å². The fraction of sp³-hybridized carbons (Fsp3) is 0.409. The molecular weight excluding hydrogens is 373 g/mol. The zero-order valence-electron chi connectivity index (χ0n) is 16.4. The molecule has 0 aromatic heterocycles.